The van der Waals surface area contributed by atoms with Crippen molar-refractivity contribution in [3.63, 3.8) is 0 Å². The summed E-state index contributed by atoms with van der Waals surface area (Å²) in [6, 6.07) is 26.9. The van der Waals surface area contributed by atoms with Gasteiger partial charge in [-0.05, 0) is 49.7 Å². The zero-order valence-corrected chi connectivity index (χ0v) is 15.8. The van der Waals surface area contributed by atoms with E-state index in [2.05, 4.69) is 95.4 Å². The molecule has 4 aromatic carbocycles. The number of aromatic nitrogens is 2. The van der Waals surface area contributed by atoms with E-state index >= 15 is 0 Å². The van der Waals surface area contributed by atoms with E-state index in [1.54, 1.807) is 0 Å². The molecule has 3 heterocycles. The molecule has 0 radical (unpaired) electrons. The SMILES string of the molecule is Cc1ccc2c(c1)c1c(C)ccc3c1n2c1cccc2c4ccccc4n3c21. The Hall–Kier alpha value is -3.52. The zero-order chi connectivity index (χ0) is 18.6. The fourth-order valence-electron chi connectivity index (χ4n) is 5.27. The van der Waals surface area contributed by atoms with Crippen LogP contribution >= 0.6 is 0 Å². The van der Waals surface area contributed by atoms with Crippen LogP contribution in [-0.4, -0.2) is 8.80 Å². The topological polar surface area (TPSA) is 8.82 Å². The molecule has 0 spiro atoms. The van der Waals surface area contributed by atoms with Gasteiger partial charge in [0.05, 0.1) is 33.1 Å². The van der Waals surface area contributed by atoms with E-state index in [9.17, 15) is 0 Å². The zero-order valence-electron chi connectivity index (χ0n) is 15.8. The maximum absolute atomic E-state index is 2.48. The number of fused-ring (bicyclic) bond motifs is 8. The van der Waals surface area contributed by atoms with Crippen molar-refractivity contribution >= 4 is 54.6 Å². The highest BCUT2D eigenvalue weighted by Crippen LogP contribution is 2.41. The van der Waals surface area contributed by atoms with Gasteiger partial charge < -0.3 is 8.80 Å². The predicted molar refractivity (Wildman–Crippen MR) is 119 cm³/mol. The van der Waals surface area contributed by atoms with Crippen LogP contribution in [0.2, 0.25) is 0 Å². The predicted octanol–water partition coefficient (Wildman–Crippen LogP) is 6.86. The van der Waals surface area contributed by atoms with E-state index < -0.39 is 0 Å². The van der Waals surface area contributed by atoms with Gasteiger partial charge in [0.15, 0.2) is 0 Å². The van der Waals surface area contributed by atoms with Crippen LogP contribution in [0.25, 0.3) is 54.6 Å². The molecule has 7 rings (SSSR count). The van der Waals surface area contributed by atoms with E-state index in [4.69, 9.17) is 0 Å². The highest BCUT2D eigenvalue weighted by Gasteiger charge is 2.21. The fourth-order valence-corrected chi connectivity index (χ4v) is 5.27. The number of nitrogens with zero attached hydrogens (tertiary/aromatic N) is 2. The molecule has 0 unspecified atom stereocenters. The largest absolute Gasteiger partial charge is 0.305 e. The van der Waals surface area contributed by atoms with Crippen molar-refractivity contribution in [2.75, 3.05) is 0 Å². The Morgan fingerprint density at radius 1 is 0.536 bits per heavy atom. The van der Waals surface area contributed by atoms with Crippen LogP contribution < -0.4 is 0 Å². The highest BCUT2D eigenvalue weighted by molar-refractivity contribution is 6.22. The summed E-state index contributed by atoms with van der Waals surface area (Å²) in [6.45, 7) is 4.41. The van der Waals surface area contributed by atoms with Gasteiger partial charge in [-0.2, -0.15) is 0 Å². The number of benzene rings is 4. The van der Waals surface area contributed by atoms with Gasteiger partial charge >= 0.3 is 0 Å². The summed E-state index contributed by atoms with van der Waals surface area (Å²) in [5, 5.41) is 5.36. The van der Waals surface area contributed by atoms with E-state index in [-0.39, 0.29) is 0 Å². The summed E-state index contributed by atoms with van der Waals surface area (Å²) in [5.41, 5.74) is 10.4. The van der Waals surface area contributed by atoms with Gasteiger partial charge in [-0.3, -0.25) is 0 Å². The molecule has 0 bridgehead atoms. The third-order valence-electron chi connectivity index (χ3n) is 6.41. The Balaban J connectivity index is 1.99. The summed E-state index contributed by atoms with van der Waals surface area (Å²) in [5.74, 6) is 0. The lowest BCUT2D eigenvalue weighted by molar-refractivity contribution is 1.25. The number of hydrogen-bond acceptors (Lipinski definition) is 0. The Kier molecular flexibility index (Phi) is 2.42. The molecule has 0 saturated carbocycles. The average Bonchev–Trinajstić information content (AvgIpc) is 3.23. The van der Waals surface area contributed by atoms with Gasteiger partial charge in [-0.25, -0.2) is 0 Å². The van der Waals surface area contributed by atoms with E-state index in [1.165, 1.54) is 65.8 Å². The van der Waals surface area contributed by atoms with Gasteiger partial charge in [0, 0.05) is 21.5 Å². The summed E-state index contributed by atoms with van der Waals surface area (Å²) in [4.78, 5) is 0. The average molecular weight is 358 g/mol. The maximum Gasteiger partial charge on any atom is 0.0785 e. The molecule has 132 valence electrons. The molecule has 0 atom stereocenters. The lowest BCUT2D eigenvalue weighted by atomic mass is 10.1. The molecule has 2 heteroatoms. The monoisotopic (exact) mass is 358 g/mol. The lowest BCUT2D eigenvalue weighted by Crippen LogP contribution is -1.97. The Morgan fingerprint density at radius 3 is 2.14 bits per heavy atom. The van der Waals surface area contributed by atoms with Gasteiger partial charge in [-0.1, -0.05) is 48.0 Å². The second kappa shape index (κ2) is 4.66. The third-order valence-corrected chi connectivity index (χ3v) is 6.41. The molecule has 2 nitrogen and oxygen atoms in total. The number of aryl methyl sites for hydroxylation is 2. The number of para-hydroxylation sites is 2. The van der Waals surface area contributed by atoms with Crippen molar-refractivity contribution in [1.82, 2.24) is 8.80 Å². The van der Waals surface area contributed by atoms with E-state index in [0.29, 0.717) is 0 Å². The summed E-state index contributed by atoms with van der Waals surface area (Å²) in [7, 11) is 0. The normalized spacial score (nSPS) is 12.6. The maximum atomic E-state index is 2.48. The smallest absolute Gasteiger partial charge is 0.0785 e. The molecule has 0 aliphatic rings. The standard InChI is InChI=1S/C26H18N2/c1-15-10-12-21-19(14-15)24-16(2)11-13-23-26(24)28(21)22-9-5-7-18-17-6-3-4-8-20(17)27(23)25(18)22/h3-14H,1-2H3. The van der Waals surface area contributed by atoms with Crippen molar-refractivity contribution in [2.24, 2.45) is 0 Å². The first kappa shape index (κ1) is 14.5. The minimum absolute atomic E-state index is 1.27. The molecule has 0 aliphatic heterocycles. The van der Waals surface area contributed by atoms with E-state index in [0.717, 1.165) is 0 Å². The van der Waals surface area contributed by atoms with Gasteiger partial charge in [0.2, 0.25) is 0 Å². The molecular weight excluding hydrogens is 340 g/mol. The fraction of sp³-hybridized carbons (Fsp3) is 0.0769. The van der Waals surface area contributed by atoms with Gasteiger partial charge in [0.1, 0.15) is 0 Å². The molecule has 0 aliphatic carbocycles. The van der Waals surface area contributed by atoms with Crippen molar-refractivity contribution in [3.8, 4) is 0 Å². The molecule has 0 saturated heterocycles. The number of hydrogen-bond donors (Lipinski definition) is 0. The van der Waals surface area contributed by atoms with E-state index in [1.807, 2.05) is 0 Å². The first-order chi connectivity index (χ1) is 13.7. The lowest BCUT2D eigenvalue weighted by Gasteiger charge is -2.12. The van der Waals surface area contributed by atoms with Crippen molar-refractivity contribution in [3.05, 3.63) is 83.9 Å². The molecule has 3 aromatic heterocycles. The molecular formula is C26H18N2. The highest BCUT2D eigenvalue weighted by atomic mass is 15.0. The quantitative estimate of drug-likeness (QED) is 0.262. The Morgan fingerprint density at radius 2 is 1.21 bits per heavy atom. The van der Waals surface area contributed by atoms with Crippen molar-refractivity contribution < 1.29 is 0 Å². The second-order valence-corrected chi connectivity index (χ2v) is 8.01. The summed E-state index contributed by atoms with van der Waals surface area (Å²) >= 11 is 0. The minimum Gasteiger partial charge on any atom is -0.305 e. The van der Waals surface area contributed by atoms with Crippen LogP contribution in [0.1, 0.15) is 11.1 Å². The van der Waals surface area contributed by atoms with Crippen molar-refractivity contribution in [2.45, 2.75) is 13.8 Å². The van der Waals surface area contributed by atoms with Crippen molar-refractivity contribution in [1.29, 1.82) is 0 Å². The van der Waals surface area contributed by atoms with Crippen LogP contribution in [0.5, 0.6) is 0 Å². The molecule has 0 N–H and O–H groups in total. The number of rotatable bonds is 0. The minimum atomic E-state index is 1.27. The summed E-state index contributed by atoms with van der Waals surface area (Å²) < 4.78 is 4.95. The van der Waals surface area contributed by atoms with Gasteiger partial charge in [0.25, 0.3) is 0 Å². The van der Waals surface area contributed by atoms with Crippen LogP contribution in [0.3, 0.4) is 0 Å². The van der Waals surface area contributed by atoms with Crippen LogP contribution in [0.15, 0.2) is 72.8 Å². The summed E-state index contributed by atoms with van der Waals surface area (Å²) in [6.07, 6.45) is 0. The first-order valence-electron chi connectivity index (χ1n) is 9.81. The molecule has 7 aromatic rings. The van der Waals surface area contributed by atoms with Crippen LogP contribution in [0, 0.1) is 13.8 Å². The molecule has 28 heavy (non-hydrogen) atoms. The first-order valence-corrected chi connectivity index (χ1v) is 9.81. The Labute approximate surface area is 161 Å². The Bertz CT molecular complexity index is 1730. The second-order valence-electron chi connectivity index (χ2n) is 8.01. The van der Waals surface area contributed by atoms with Crippen LogP contribution in [0.4, 0.5) is 0 Å². The van der Waals surface area contributed by atoms with Gasteiger partial charge in [-0.15, -0.1) is 0 Å². The van der Waals surface area contributed by atoms with Crippen LogP contribution in [-0.2, 0) is 0 Å². The third kappa shape index (κ3) is 1.49. The molecule has 0 fully saturated rings. The molecule has 0 amide bonds.